The smallest absolute Gasteiger partial charge is 0.255 e. The molecular formula is C30H34N2O4. The highest BCUT2D eigenvalue weighted by Crippen LogP contribution is 2.67. The van der Waals surface area contributed by atoms with Gasteiger partial charge in [0, 0.05) is 29.0 Å². The van der Waals surface area contributed by atoms with Gasteiger partial charge in [-0.1, -0.05) is 31.2 Å². The average molecular weight is 487 g/mol. The second-order valence-electron chi connectivity index (χ2n) is 12.1. The van der Waals surface area contributed by atoms with Gasteiger partial charge < -0.3 is 24.8 Å². The number of aromatic nitrogens is 1. The third-order valence-corrected chi connectivity index (χ3v) is 10.2. The zero-order valence-corrected chi connectivity index (χ0v) is 21.1. The number of aliphatic hydroxyl groups excluding tert-OH is 2. The monoisotopic (exact) mass is 486 g/mol. The minimum atomic E-state index is -0.908. The summed E-state index contributed by atoms with van der Waals surface area (Å²) in [5, 5.41) is 23.7. The normalized spacial score (nSPS) is 40.9. The lowest BCUT2D eigenvalue weighted by molar-refractivity contribution is -0.161. The van der Waals surface area contributed by atoms with Gasteiger partial charge in [-0.05, 0) is 92.1 Å². The molecule has 5 aliphatic rings. The highest BCUT2D eigenvalue weighted by Gasteiger charge is 2.67. The van der Waals surface area contributed by atoms with Gasteiger partial charge in [-0.2, -0.15) is 0 Å². The van der Waals surface area contributed by atoms with E-state index in [2.05, 4.69) is 42.3 Å². The summed E-state index contributed by atoms with van der Waals surface area (Å²) in [5.41, 5.74) is 3.53. The molecule has 2 spiro atoms. The SMILES string of the molecule is CN(C)[C@H]1C[C@@]23CC[C@@]4(O2)C(=CC[C@]2(C)C(c5ccc6c(=O)[nH]ccc6c5)=CCC24)C=C3[C@@H](O)[C@@H]1O. The van der Waals surface area contributed by atoms with Gasteiger partial charge in [0.15, 0.2) is 0 Å². The van der Waals surface area contributed by atoms with Gasteiger partial charge in [0.1, 0.15) is 6.10 Å². The Balaban J connectivity index is 1.30. The second kappa shape index (κ2) is 7.29. The second-order valence-corrected chi connectivity index (χ2v) is 12.1. The largest absolute Gasteiger partial charge is 0.388 e. The maximum absolute atomic E-state index is 12.2. The number of likely N-dealkylation sites (N-methyl/N-ethyl adjacent to an activating group) is 1. The van der Waals surface area contributed by atoms with Crippen LogP contribution < -0.4 is 5.56 Å². The van der Waals surface area contributed by atoms with Gasteiger partial charge >= 0.3 is 0 Å². The molecule has 7 atom stereocenters. The minimum Gasteiger partial charge on any atom is -0.388 e. The molecule has 2 bridgehead atoms. The van der Waals surface area contributed by atoms with E-state index >= 15 is 0 Å². The number of nitrogens with zero attached hydrogens (tertiary/aromatic N) is 1. The number of H-pyrrole nitrogens is 1. The van der Waals surface area contributed by atoms with E-state index in [1.165, 1.54) is 16.7 Å². The van der Waals surface area contributed by atoms with Crippen molar-refractivity contribution in [3.8, 4) is 0 Å². The van der Waals surface area contributed by atoms with E-state index in [-0.39, 0.29) is 22.6 Å². The lowest BCUT2D eigenvalue weighted by atomic mass is 9.58. The molecule has 1 aromatic heterocycles. The van der Waals surface area contributed by atoms with Crippen molar-refractivity contribution in [1.29, 1.82) is 0 Å². The number of hydrogen-bond donors (Lipinski definition) is 3. The summed E-state index contributed by atoms with van der Waals surface area (Å²) in [6, 6.07) is 8.00. The first kappa shape index (κ1) is 22.7. The molecule has 7 rings (SSSR count). The fraction of sp³-hybridized carbons (Fsp3) is 0.500. The zero-order chi connectivity index (χ0) is 25.0. The van der Waals surface area contributed by atoms with Crippen LogP contribution in [0.5, 0.6) is 0 Å². The third-order valence-electron chi connectivity index (χ3n) is 10.2. The fourth-order valence-corrected chi connectivity index (χ4v) is 8.31. The van der Waals surface area contributed by atoms with Gasteiger partial charge in [0.25, 0.3) is 5.56 Å². The molecule has 3 heterocycles. The molecule has 2 fully saturated rings. The van der Waals surface area contributed by atoms with E-state index in [1.54, 1.807) is 6.20 Å². The van der Waals surface area contributed by atoms with Crippen LogP contribution in [0.2, 0.25) is 0 Å². The Kier molecular flexibility index (Phi) is 4.59. The molecule has 1 saturated carbocycles. The lowest BCUT2D eigenvalue weighted by Crippen LogP contribution is -2.61. The van der Waals surface area contributed by atoms with Gasteiger partial charge in [0.05, 0.1) is 17.3 Å². The number of ether oxygens (including phenoxy) is 1. The maximum atomic E-state index is 12.2. The molecule has 1 saturated heterocycles. The van der Waals surface area contributed by atoms with Gasteiger partial charge in [-0.25, -0.2) is 0 Å². The van der Waals surface area contributed by atoms with Crippen LogP contribution >= 0.6 is 0 Å². The first-order valence-electron chi connectivity index (χ1n) is 13.2. The first-order chi connectivity index (χ1) is 17.2. The van der Waals surface area contributed by atoms with Crippen LogP contribution in [-0.4, -0.2) is 63.6 Å². The summed E-state index contributed by atoms with van der Waals surface area (Å²) in [6.45, 7) is 2.37. The molecule has 3 aliphatic carbocycles. The Labute approximate surface area is 211 Å². The molecule has 188 valence electrons. The predicted molar refractivity (Wildman–Crippen MR) is 139 cm³/mol. The van der Waals surface area contributed by atoms with E-state index in [4.69, 9.17) is 4.74 Å². The molecule has 36 heavy (non-hydrogen) atoms. The van der Waals surface area contributed by atoms with E-state index < -0.39 is 17.8 Å². The number of aromatic amines is 1. The standard InChI is InChI=1S/C30H34N2O4/c1-28-10-8-19-15-22-25(33)26(34)23(32(2)3)16-29(22)11-12-30(19,36-29)24(28)7-6-21(28)18-4-5-20-17(14-18)9-13-31-27(20)35/h4-6,8-9,13-15,23-26,33-34H,7,10-12,16H2,1-3H3,(H,31,35)/t23-,24?,25+,26+,28+,29+,30+/m0/s1. The molecule has 2 aromatic rings. The molecule has 1 unspecified atom stereocenters. The quantitative estimate of drug-likeness (QED) is 0.605. The molecule has 2 aliphatic heterocycles. The van der Waals surface area contributed by atoms with E-state index in [9.17, 15) is 15.0 Å². The number of pyridine rings is 1. The maximum Gasteiger partial charge on any atom is 0.255 e. The van der Waals surface area contributed by atoms with Crippen LogP contribution in [0.4, 0.5) is 0 Å². The summed E-state index contributed by atoms with van der Waals surface area (Å²) in [6.07, 6.45) is 11.2. The number of hydrogen-bond acceptors (Lipinski definition) is 5. The number of nitrogens with one attached hydrogen (secondary N) is 1. The highest BCUT2D eigenvalue weighted by molar-refractivity contribution is 5.87. The van der Waals surface area contributed by atoms with Crippen molar-refractivity contribution < 1.29 is 14.9 Å². The molecule has 1 aromatic carbocycles. The van der Waals surface area contributed by atoms with Crippen molar-refractivity contribution in [2.45, 2.75) is 68.5 Å². The summed E-state index contributed by atoms with van der Waals surface area (Å²) in [5.74, 6) is 0.300. The van der Waals surface area contributed by atoms with Crippen LogP contribution in [-0.2, 0) is 4.74 Å². The number of benzene rings is 1. The van der Waals surface area contributed by atoms with Crippen LogP contribution in [0, 0.1) is 11.3 Å². The molecule has 3 N–H and O–H groups in total. The minimum absolute atomic E-state index is 0.0575. The van der Waals surface area contributed by atoms with Crippen molar-refractivity contribution in [3.63, 3.8) is 0 Å². The number of aliphatic hydroxyl groups is 2. The van der Waals surface area contributed by atoms with Crippen molar-refractivity contribution >= 4 is 16.3 Å². The van der Waals surface area contributed by atoms with Crippen LogP contribution in [0.25, 0.3) is 16.3 Å². The Bertz CT molecular complexity index is 1440. The zero-order valence-electron chi connectivity index (χ0n) is 21.1. The number of allylic oxidation sites excluding steroid dienone is 3. The summed E-state index contributed by atoms with van der Waals surface area (Å²) >= 11 is 0. The first-order valence-corrected chi connectivity index (χ1v) is 13.2. The van der Waals surface area contributed by atoms with Crippen LogP contribution in [0.15, 0.2) is 64.6 Å². The van der Waals surface area contributed by atoms with Gasteiger partial charge in [0.2, 0.25) is 0 Å². The number of fused-ring (bicyclic) bond motifs is 2. The van der Waals surface area contributed by atoms with Crippen LogP contribution in [0.1, 0.15) is 44.6 Å². The van der Waals surface area contributed by atoms with Crippen molar-refractivity contribution in [2.24, 2.45) is 11.3 Å². The van der Waals surface area contributed by atoms with Crippen molar-refractivity contribution in [1.82, 2.24) is 9.88 Å². The van der Waals surface area contributed by atoms with E-state index in [0.717, 1.165) is 36.6 Å². The third kappa shape index (κ3) is 2.73. The van der Waals surface area contributed by atoms with Crippen molar-refractivity contribution in [2.75, 3.05) is 14.1 Å². The predicted octanol–water partition coefficient (Wildman–Crippen LogP) is 3.55. The van der Waals surface area contributed by atoms with Gasteiger partial charge in [-0.3, -0.25) is 4.79 Å². The Hall–Kier alpha value is -2.51. The molecule has 6 nitrogen and oxygen atoms in total. The summed E-state index contributed by atoms with van der Waals surface area (Å²) in [4.78, 5) is 17.0. The Morgan fingerprint density at radius 3 is 2.78 bits per heavy atom. The fourth-order valence-electron chi connectivity index (χ4n) is 8.31. The topological polar surface area (TPSA) is 85.8 Å². The summed E-state index contributed by atoms with van der Waals surface area (Å²) < 4.78 is 7.22. The molecule has 0 radical (unpaired) electrons. The Morgan fingerprint density at radius 2 is 1.97 bits per heavy atom. The lowest BCUT2D eigenvalue weighted by Gasteiger charge is -2.55. The van der Waals surface area contributed by atoms with E-state index in [1.807, 2.05) is 31.1 Å². The van der Waals surface area contributed by atoms with Gasteiger partial charge in [-0.15, -0.1) is 0 Å². The number of rotatable bonds is 2. The molecular weight excluding hydrogens is 452 g/mol. The average Bonchev–Trinajstić information content (AvgIpc) is 3.37. The molecule has 6 heteroatoms. The van der Waals surface area contributed by atoms with Crippen molar-refractivity contribution in [3.05, 3.63) is 75.8 Å². The van der Waals surface area contributed by atoms with E-state index in [0.29, 0.717) is 17.7 Å². The summed E-state index contributed by atoms with van der Waals surface area (Å²) in [7, 11) is 3.93. The molecule has 0 amide bonds. The van der Waals surface area contributed by atoms with Crippen LogP contribution in [0.3, 0.4) is 0 Å². The highest BCUT2D eigenvalue weighted by atomic mass is 16.5. The Morgan fingerprint density at radius 1 is 1.14 bits per heavy atom.